The van der Waals surface area contributed by atoms with E-state index in [9.17, 15) is 9.59 Å². The highest BCUT2D eigenvalue weighted by Crippen LogP contribution is 2.13. The summed E-state index contributed by atoms with van der Waals surface area (Å²) in [6.45, 7) is 5.82. The third-order valence-corrected chi connectivity index (χ3v) is 3.08. The second-order valence-electron chi connectivity index (χ2n) is 4.91. The summed E-state index contributed by atoms with van der Waals surface area (Å²) in [6.07, 6.45) is 8.00. The van der Waals surface area contributed by atoms with E-state index in [4.69, 9.17) is 4.74 Å². The molecule has 118 valence electrons. The second-order valence-corrected chi connectivity index (χ2v) is 4.91. The molecule has 0 bridgehead atoms. The predicted molar refractivity (Wildman–Crippen MR) is 88.4 cm³/mol. The molecule has 0 unspecified atom stereocenters. The molecule has 0 aliphatic heterocycles. The first-order valence-corrected chi connectivity index (χ1v) is 7.76. The highest BCUT2D eigenvalue weighted by molar-refractivity contribution is 5.91. The van der Waals surface area contributed by atoms with Gasteiger partial charge >= 0.3 is 5.97 Å². The van der Waals surface area contributed by atoms with Crippen molar-refractivity contribution in [1.82, 2.24) is 0 Å². The molecule has 0 radical (unpaired) electrons. The lowest BCUT2D eigenvalue weighted by Crippen LogP contribution is -2.07. The molecule has 3 heteroatoms. The molecule has 0 aromatic heterocycles. The van der Waals surface area contributed by atoms with Gasteiger partial charge in [0.1, 0.15) is 12.4 Å². The lowest BCUT2D eigenvalue weighted by atomic mass is 10.1. The first-order valence-electron chi connectivity index (χ1n) is 7.76. The number of hydrogen-bond donors (Lipinski definition) is 0. The molecule has 0 heterocycles. The van der Waals surface area contributed by atoms with Crippen LogP contribution < -0.4 is 0 Å². The van der Waals surface area contributed by atoms with E-state index in [1.165, 1.54) is 0 Å². The molecule has 0 saturated carbocycles. The Hall–Kier alpha value is -2.16. The molecule has 3 nitrogen and oxygen atoms in total. The van der Waals surface area contributed by atoms with E-state index in [2.05, 4.69) is 0 Å². The largest absolute Gasteiger partial charge is 0.457 e. The van der Waals surface area contributed by atoms with Crippen LogP contribution in [0.5, 0.6) is 0 Å². The van der Waals surface area contributed by atoms with Crippen molar-refractivity contribution in [3.63, 3.8) is 0 Å². The minimum Gasteiger partial charge on any atom is -0.457 e. The van der Waals surface area contributed by atoms with Crippen LogP contribution in [0, 0.1) is 0 Å². The number of allylic oxidation sites excluding steroid dienone is 2. The Bertz CT molecular complexity index is 551. The SMILES string of the molecule is CC.CC(=O)Cc1ccc(COC(=O)C2=CCCC=C2)cc1. The molecule has 0 saturated heterocycles. The van der Waals surface area contributed by atoms with Crippen LogP contribution in [0.2, 0.25) is 0 Å². The van der Waals surface area contributed by atoms with Crippen molar-refractivity contribution >= 4 is 11.8 Å². The Balaban J connectivity index is 0.00000116. The summed E-state index contributed by atoms with van der Waals surface area (Å²) in [5.41, 5.74) is 2.53. The van der Waals surface area contributed by atoms with Crippen molar-refractivity contribution in [3.8, 4) is 0 Å². The van der Waals surface area contributed by atoms with Gasteiger partial charge < -0.3 is 4.74 Å². The quantitative estimate of drug-likeness (QED) is 0.767. The third kappa shape index (κ3) is 6.08. The van der Waals surface area contributed by atoms with E-state index in [1.807, 2.05) is 56.3 Å². The number of esters is 1. The van der Waals surface area contributed by atoms with Gasteiger partial charge in [0, 0.05) is 6.42 Å². The molecule has 0 fully saturated rings. The van der Waals surface area contributed by atoms with Gasteiger partial charge in [0.15, 0.2) is 0 Å². The number of Topliss-reactive ketones (excluding diaryl/α,β-unsaturated/α-hetero) is 1. The molecule has 1 aromatic carbocycles. The van der Waals surface area contributed by atoms with Crippen molar-refractivity contribution in [2.45, 2.75) is 46.6 Å². The summed E-state index contributed by atoms with van der Waals surface area (Å²) in [7, 11) is 0. The van der Waals surface area contributed by atoms with Crippen LogP contribution in [0.15, 0.2) is 48.1 Å². The Labute approximate surface area is 132 Å². The van der Waals surface area contributed by atoms with Crippen LogP contribution in [0.1, 0.15) is 44.7 Å². The molecule has 0 amide bonds. The van der Waals surface area contributed by atoms with Crippen molar-refractivity contribution < 1.29 is 14.3 Å². The average molecular weight is 300 g/mol. The zero-order valence-corrected chi connectivity index (χ0v) is 13.6. The summed E-state index contributed by atoms with van der Waals surface area (Å²) in [5.74, 6) is -0.144. The lowest BCUT2D eigenvalue weighted by molar-refractivity contribution is -0.139. The number of rotatable bonds is 5. The highest BCUT2D eigenvalue weighted by atomic mass is 16.5. The Morgan fingerprint density at radius 2 is 1.68 bits per heavy atom. The topological polar surface area (TPSA) is 43.4 Å². The van der Waals surface area contributed by atoms with Crippen molar-refractivity contribution in [2.24, 2.45) is 0 Å². The van der Waals surface area contributed by atoms with E-state index >= 15 is 0 Å². The summed E-state index contributed by atoms with van der Waals surface area (Å²) in [4.78, 5) is 22.8. The third-order valence-electron chi connectivity index (χ3n) is 3.08. The van der Waals surface area contributed by atoms with Gasteiger partial charge in [0.05, 0.1) is 5.57 Å². The van der Waals surface area contributed by atoms with Gasteiger partial charge in [-0.3, -0.25) is 4.79 Å². The van der Waals surface area contributed by atoms with Crippen molar-refractivity contribution in [2.75, 3.05) is 0 Å². The smallest absolute Gasteiger partial charge is 0.338 e. The Kier molecular flexibility index (Phi) is 7.90. The minimum absolute atomic E-state index is 0.139. The summed E-state index contributed by atoms with van der Waals surface area (Å²) in [5, 5.41) is 0. The molecule has 2 rings (SSSR count). The van der Waals surface area contributed by atoms with Gasteiger partial charge in [-0.2, -0.15) is 0 Å². The van der Waals surface area contributed by atoms with Crippen LogP contribution >= 0.6 is 0 Å². The first-order chi connectivity index (χ1) is 10.6. The number of ether oxygens (including phenoxy) is 1. The normalized spacial score (nSPS) is 12.8. The van der Waals surface area contributed by atoms with Crippen LogP contribution in [-0.4, -0.2) is 11.8 Å². The molecular formula is C19H24O3. The zero-order valence-electron chi connectivity index (χ0n) is 13.6. The molecular weight excluding hydrogens is 276 g/mol. The fraction of sp³-hybridized carbons (Fsp3) is 0.368. The first kappa shape index (κ1) is 17.9. The lowest BCUT2D eigenvalue weighted by Gasteiger charge is -2.08. The fourth-order valence-electron chi connectivity index (χ4n) is 2.04. The van der Waals surface area contributed by atoms with Gasteiger partial charge in [0.2, 0.25) is 0 Å². The Morgan fingerprint density at radius 3 is 2.23 bits per heavy atom. The van der Waals surface area contributed by atoms with Gasteiger partial charge in [0.25, 0.3) is 0 Å². The van der Waals surface area contributed by atoms with Gasteiger partial charge in [-0.15, -0.1) is 0 Å². The Morgan fingerprint density at radius 1 is 1.05 bits per heavy atom. The fourth-order valence-corrected chi connectivity index (χ4v) is 2.04. The highest BCUT2D eigenvalue weighted by Gasteiger charge is 2.09. The number of hydrogen-bond acceptors (Lipinski definition) is 3. The van der Waals surface area contributed by atoms with Crippen molar-refractivity contribution in [3.05, 3.63) is 59.2 Å². The number of ketones is 1. The zero-order chi connectivity index (χ0) is 16.4. The van der Waals surface area contributed by atoms with E-state index < -0.39 is 0 Å². The van der Waals surface area contributed by atoms with Crippen molar-refractivity contribution in [1.29, 1.82) is 0 Å². The second kappa shape index (κ2) is 9.72. The molecule has 0 atom stereocenters. The van der Waals surface area contributed by atoms with Crippen LogP contribution in [-0.2, 0) is 27.4 Å². The average Bonchev–Trinajstić information content (AvgIpc) is 2.56. The molecule has 0 spiro atoms. The summed E-state index contributed by atoms with van der Waals surface area (Å²) in [6, 6.07) is 7.56. The number of benzene rings is 1. The van der Waals surface area contributed by atoms with Crippen LogP contribution in [0.3, 0.4) is 0 Å². The van der Waals surface area contributed by atoms with E-state index in [1.54, 1.807) is 6.92 Å². The number of carbonyl (C=O) groups excluding carboxylic acids is 2. The standard InChI is InChI=1S/C17H18O3.C2H6/c1-13(18)11-14-7-9-15(10-8-14)12-20-17(19)16-5-3-2-4-6-16;1-2/h3,5-10H,2,4,11-12H2,1H3;1-2H3. The van der Waals surface area contributed by atoms with E-state index in [0.29, 0.717) is 12.0 Å². The number of carbonyl (C=O) groups is 2. The maximum atomic E-state index is 11.8. The summed E-state index contributed by atoms with van der Waals surface area (Å²) < 4.78 is 5.26. The van der Waals surface area contributed by atoms with E-state index in [0.717, 1.165) is 24.0 Å². The molecule has 0 N–H and O–H groups in total. The van der Waals surface area contributed by atoms with Crippen LogP contribution in [0.25, 0.3) is 0 Å². The predicted octanol–water partition coefficient (Wildman–Crippen LogP) is 4.16. The molecule has 1 aromatic rings. The monoisotopic (exact) mass is 300 g/mol. The van der Waals surface area contributed by atoms with Gasteiger partial charge in [-0.05, 0) is 30.9 Å². The molecule has 1 aliphatic rings. The maximum Gasteiger partial charge on any atom is 0.338 e. The minimum atomic E-state index is -0.284. The molecule has 1 aliphatic carbocycles. The summed E-state index contributed by atoms with van der Waals surface area (Å²) >= 11 is 0. The van der Waals surface area contributed by atoms with E-state index in [-0.39, 0.29) is 18.4 Å². The molecule has 22 heavy (non-hydrogen) atoms. The maximum absolute atomic E-state index is 11.8. The van der Waals surface area contributed by atoms with Gasteiger partial charge in [-0.25, -0.2) is 4.79 Å². The van der Waals surface area contributed by atoms with Gasteiger partial charge in [-0.1, -0.05) is 56.3 Å². The van der Waals surface area contributed by atoms with Crippen LogP contribution in [0.4, 0.5) is 0 Å².